The first kappa shape index (κ1) is 18.3. The largest absolute Gasteiger partial charge is 0.493 e. The Labute approximate surface area is 155 Å². The van der Waals surface area contributed by atoms with Gasteiger partial charge in [-0.1, -0.05) is 17.7 Å². The number of methoxy groups -OCH3 is 3. The zero-order valence-electron chi connectivity index (χ0n) is 15.4. The minimum atomic E-state index is -0.615. The molecule has 0 spiro atoms. The lowest BCUT2D eigenvalue weighted by Gasteiger charge is -2.16. The quantitative estimate of drug-likeness (QED) is 0.694. The van der Waals surface area contributed by atoms with Gasteiger partial charge in [-0.05, 0) is 19.1 Å². The van der Waals surface area contributed by atoms with Crippen molar-refractivity contribution in [3.8, 4) is 17.2 Å². The number of ether oxygens (including phenoxy) is 3. The number of benzene rings is 2. The van der Waals surface area contributed by atoms with Crippen molar-refractivity contribution in [2.45, 2.75) is 6.92 Å². The second-order valence-corrected chi connectivity index (χ2v) is 5.82. The second-order valence-electron chi connectivity index (χ2n) is 5.82. The Hall–Kier alpha value is -3.48. The summed E-state index contributed by atoms with van der Waals surface area (Å²) in [6.45, 7) is 1.93. The third-order valence-electron chi connectivity index (χ3n) is 4.10. The highest BCUT2D eigenvalue weighted by molar-refractivity contribution is 6.10. The molecule has 0 aliphatic heterocycles. The minimum absolute atomic E-state index is 0.205. The normalized spacial score (nSPS) is 10.5. The van der Waals surface area contributed by atoms with Crippen LogP contribution in [0.2, 0.25) is 0 Å². The number of carbonyl (C=O) groups is 1. The van der Waals surface area contributed by atoms with Crippen LogP contribution in [0.4, 0.5) is 5.69 Å². The van der Waals surface area contributed by atoms with Gasteiger partial charge in [0.1, 0.15) is 5.58 Å². The molecular formula is C20H19NO6. The number of hydrogen-bond donors (Lipinski definition) is 1. The van der Waals surface area contributed by atoms with Crippen LogP contribution >= 0.6 is 0 Å². The van der Waals surface area contributed by atoms with E-state index < -0.39 is 5.63 Å². The van der Waals surface area contributed by atoms with Gasteiger partial charge in [-0.3, -0.25) is 4.79 Å². The molecule has 0 bridgehead atoms. The van der Waals surface area contributed by atoms with Gasteiger partial charge in [0.2, 0.25) is 5.75 Å². The summed E-state index contributed by atoms with van der Waals surface area (Å²) in [7, 11) is 4.38. The summed E-state index contributed by atoms with van der Waals surface area (Å²) < 4.78 is 21.4. The molecule has 0 aliphatic carbocycles. The number of fused-ring (bicyclic) bond motifs is 1. The van der Waals surface area contributed by atoms with Crippen LogP contribution in [-0.4, -0.2) is 27.2 Å². The molecule has 7 nitrogen and oxygen atoms in total. The Morgan fingerprint density at radius 3 is 2.22 bits per heavy atom. The third-order valence-corrected chi connectivity index (χ3v) is 4.10. The van der Waals surface area contributed by atoms with Crippen molar-refractivity contribution in [3.63, 3.8) is 0 Å². The summed E-state index contributed by atoms with van der Waals surface area (Å²) in [5.74, 6) is 0.590. The van der Waals surface area contributed by atoms with Crippen LogP contribution in [0.25, 0.3) is 11.0 Å². The van der Waals surface area contributed by atoms with Crippen molar-refractivity contribution in [1.82, 2.24) is 0 Å². The molecule has 0 saturated heterocycles. The minimum Gasteiger partial charge on any atom is -0.493 e. The highest BCUT2D eigenvalue weighted by Crippen LogP contribution is 2.45. The maximum Gasteiger partial charge on any atom is 0.338 e. The molecule has 1 aromatic heterocycles. The molecule has 140 valence electrons. The summed E-state index contributed by atoms with van der Waals surface area (Å²) in [6.07, 6.45) is 0. The second kappa shape index (κ2) is 7.41. The third kappa shape index (κ3) is 3.44. The fourth-order valence-corrected chi connectivity index (χ4v) is 2.80. The lowest BCUT2D eigenvalue weighted by atomic mass is 10.1. The lowest BCUT2D eigenvalue weighted by molar-refractivity contribution is 0.102. The van der Waals surface area contributed by atoms with Crippen LogP contribution in [0.5, 0.6) is 17.2 Å². The van der Waals surface area contributed by atoms with E-state index in [9.17, 15) is 9.59 Å². The summed E-state index contributed by atoms with van der Waals surface area (Å²) in [5, 5.41) is 3.15. The first-order valence-electron chi connectivity index (χ1n) is 8.13. The number of carbonyl (C=O) groups excluding carboxylic acids is 1. The molecule has 3 aromatic rings. The van der Waals surface area contributed by atoms with Gasteiger partial charge < -0.3 is 23.9 Å². The number of aryl methyl sites for hydroxylation is 1. The van der Waals surface area contributed by atoms with Crippen LogP contribution < -0.4 is 25.2 Å². The molecule has 1 N–H and O–H groups in total. The SMILES string of the molecule is COc1cc2oc(=O)cc(NC(=O)c3ccc(C)cc3)c2c(OC)c1OC. The molecule has 0 atom stereocenters. The summed E-state index contributed by atoms with van der Waals surface area (Å²) in [4.78, 5) is 24.6. The number of hydrogen-bond acceptors (Lipinski definition) is 6. The van der Waals surface area contributed by atoms with E-state index in [0.717, 1.165) is 5.56 Å². The van der Waals surface area contributed by atoms with Crippen molar-refractivity contribution < 1.29 is 23.4 Å². The molecule has 2 aromatic carbocycles. The molecule has 7 heteroatoms. The molecule has 1 amide bonds. The maximum absolute atomic E-state index is 12.6. The van der Waals surface area contributed by atoms with E-state index in [1.165, 1.54) is 33.5 Å². The number of rotatable bonds is 5. The van der Waals surface area contributed by atoms with Crippen LogP contribution in [0.15, 0.2) is 45.6 Å². The van der Waals surface area contributed by atoms with Crippen molar-refractivity contribution in [2.24, 2.45) is 0 Å². The zero-order chi connectivity index (χ0) is 19.6. The van der Waals surface area contributed by atoms with E-state index in [1.807, 2.05) is 19.1 Å². The Balaban J connectivity index is 2.18. The average Bonchev–Trinajstić information content (AvgIpc) is 2.66. The van der Waals surface area contributed by atoms with Crippen LogP contribution in [0.1, 0.15) is 15.9 Å². The van der Waals surface area contributed by atoms with Crippen molar-refractivity contribution in [3.05, 3.63) is 57.9 Å². The van der Waals surface area contributed by atoms with Crippen molar-refractivity contribution in [1.29, 1.82) is 0 Å². The highest BCUT2D eigenvalue weighted by Gasteiger charge is 2.22. The fraction of sp³-hybridized carbons (Fsp3) is 0.200. The van der Waals surface area contributed by atoms with Crippen LogP contribution in [0.3, 0.4) is 0 Å². The topological polar surface area (TPSA) is 87.0 Å². The van der Waals surface area contributed by atoms with Crippen molar-refractivity contribution >= 4 is 22.6 Å². The van der Waals surface area contributed by atoms with Crippen molar-refractivity contribution in [2.75, 3.05) is 26.6 Å². The Morgan fingerprint density at radius 2 is 1.63 bits per heavy atom. The van der Waals surface area contributed by atoms with Gasteiger partial charge in [-0.25, -0.2) is 4.79 Å². The molecule has 0 fully saturated rings. The predicted molar refractivity (Wildman–Crippen MR) is 101 cm³/mol. The number of anilines is 1. The first-order chi connectivity index (χ1) is 13.0. The van der Waals surface area contributed by atoms with Gasteiger partial charge >= 0.3 is 5.63 Å². The van der Waals surface area contributed by atoms with Crippen LogP contribution in [0, 0.1) is 6.92 Å². The van der Waals surface area contributed by atoms with E-state index in [4.69, 9.17) is 18.6 Å². The Bertz CT molecular complexity index is 1050. The zero-order valence-corrected chi connectivity index (χ0v) is 15.4. The molecule has 0 unspecified atom stereocenters. The fourth-order valence-electron chi connectivity index (χ4n) is 2.80. The predicted octanol–water partition coefficient (Wildman–Crippen LogP) is 3.38. The molecule has 27 heavy (non-hydrogen) atoms. The van der Waals surface area contributed by atoms with E-state index >= 15 is 0 Å². The van der Waals surface area contributed by atoms with Crippen LogP contribution in [-0.2, 0) is 0 Å². The molecule has 1 heterocycles. The monoisotopic (exact) mass is 369 g/mol. The maximum atomic E-state index is 12.6. The standard InChI is InChI=1S/C20H19NO6/c1-11-5-7-12(8-6-11)20(23)21-13-9-16(22)27-14-10-15(24-2)18(25-3)19(26-4)17(13)14/h5-10H,1-4H3,(H,21,23). The van der Waals surface area contributed by atoms with Gasteiger partial charge in [0.05, 0.1) is 32.4 Å². The molecular weight excluding hydrogens is 350 g/mol. The molecule has 0 saturated carbocycles. The van der Waals surface area contributed by atoms with E-state index in [0.29, 0.717) is 22.4 Å². The number of amides is 1. The lowest BCUT2D eigenvalue weighted by Crippen LogP contribution is -2.14. The van der Waals surface area contributed by atoms with Gasteiger partial charge in [0, 0.05) is 17.7 Å². The van der Waals surface area contributed by atoms with E-state index in [-0.39, 0.29) is 22.9 Å². The van der Waals surface area contributed by atoms with Gasteiger partial charge in [0.15, 0.2) is 11.5 Å². The summed E-state index contributed by atoms with van der Waals surface area (Å²) in [6, 6.07) is 9.79. The Morgan fingerprint density at radius 1 is 0.963 bits per heavy atom. The van der Waals surface area contributed by atoms with Gasteiger partial charge in [-0.15, -0.1) is 0 Å². The first-order valence-corrected chi connectivity index (χ1v) is 8.13. The summed E-state index contributed by atoms with van der Waals surface area (Å²) in [5.41, 5.74) is 1.34. The average molecular weight is 369 g/mol. The molecule has 0 aliphatic rings. The van der Waals surface area contributed by atoms with Gasteiger partial charge in [-0.2, -0.15) is 0 Å². The molecule has 0 radical (unpaired) electrons. The molecule has 3 rings (SSSR count). The van der Waals surface area contributed by atoms with E-state index in [2.05, 4.69) is 5.32 Å². The Kier molecular flexibility index (Phi) is 5.03. The van der Waals surface area contributed by atoms with Gasteiger partial charge in [0.25, 0.3) is 5.91 Å². The summed E-state index contributed by atoms with van der Waals surface area (Å²) >= 11 is 0. The number of nitrogens with one attached hydrogen (secondary N) is 1. The van der Waals surface area contributed by atoms with E-state index in [1.54, 1.807) is 12.1 Å². The highest BCUT2D eigenvalue weighted by atomic mass is 16.5. The smallest absolute Gasteiger partial charge is 0.338 e.